The summed E-state index contributed by atoms with van der Waals surface area (Å²) in [6.07, 6.45) is 2.07. The number of benzene rings is 1. The summed E-state index contributed by atoms with van der Waals surface area (Å²) in [7, 11) is 3.70. The zero-order chi connectivity index (χ0) is 15.5. The molecular formula is C16H26FN3O. The molecule has 1 aromatic carbocycles. The minimum absolute atomic E-state index is 0.209. The summed E-state index contributed by atoms with van der Waals surface area (Å²) < 4.78 is 18.5. The lowest BCUT2D eigenvalue weighted by Gasteiger charge is -2.22. The lowest BCUT2D eigenvalue weighted by molar-refractivity contribution is 0.143. The summed E-state index contributed by atoms with van der Waals surface area (Å²) in [6, 6.07) is 6.64. The van der Waals surface area contributed by atoms with Gasteiger partial charge in [-0.3, -0.25) is 4.99 Å². The number of unbranched alkanes of at least 4 members (excludes halogenated alkanes) is 1. The zero-order valence-corrected chi connectivity index (χ0v) is 13.2. The number of aliphatic imine (C=N–C) groups is 1. The van der Waals surface area contributed by atoms with Crippen molar-refractivity contribution in [2.24, 2.45) is 4.99 Å². The third-order valence-electron chi connectivity index (χ3n) is 3.08. The van der Waals surface area contributed by atoms with Crippen molar-refractivity contribution in [2.75, 3.05) is 33.9 Å². The second-order valence-corrected chi connectivity index (χ2v) is 4.86. The van der Waals surface area contributed by atoms with Gasteiger partial charge in [0.1, 0.15) is 5.82 Å². The zero-order valence-electron chi connectivity index (χ0n) is 13.2. The molecule has 0 bridgehead atoms. The molecule has 0 atom stereocenters. The standard InChI is InChI=1S/C16H26FN3O/c1-4-21-11-6-5-10-19-16(18-2)20(3)13-14-8-7-9-15(17)12-14/h7-9,12H,4-6,10-11,13H2,1-3H3,(H,18,19). The van der Waals surface area contributed by atoms with Crippen molar-refractivity contribution >= 4 is 5.96 Å². The SMILES string of the molecule is CCOCCCCNC(=NC)N(C)Cc1cccc(F)c1. The van der Waals surface area contributed by atoms with Crippen LogP contribution >= 0.6 is 0 Å². The average molecular weight is 295 g/mol. The number of hydrogen-bond acceptors (Lipinski definition) is 2. The van der Waals surface area contributed by atoms with Crippen molar-refractivity contribution in [3.05, 3.63) is 35.6 Å². The molecule has 1 aromatic rings. The first-order valence-corrected chi connectivity index (χ1v) is 7.41. The van der Waals surface area contributed by atoms with Gasteiger partial charge in [0.25, 0.3) is 0 Å². The van der Waals surface area contributed by atoms with Crippen LogP contribution in [0.15, 0.2) is 29.3 Å². The molecule has 0 amide bonds. The van der Waals surface area contributed by atoms with E-state index in [4.69, 9.17) is 4.74 Å². The number of hydrogen-bond donors (Lipinski definition) is 1. The van der Waals surface area contributed by atoms with Crippen LogP contribution in [-0.4, -0.2) is 44.7 Å². The van der Waals surface area contributed by atoms with E-state index in [-0.39, 0.29) is 5.82 Å². The molecule has 5 heteroatoms. The normalized spacial score (nSPS) is 11.5. The molecule has 0 aliphatic rings. The number of halogens is 1. The first kappa shape index (κ1) is 17.4. The third-order valence-corrected chi connectivity index (χ3v) is 3.08. The summed E-state index contributed by atoms with van der Waals surface area (Å²) in [6.45, 7) is 5.05. The molecule has 4 nitrogen and oxygen atoms in total. The van der Waals surface area contributed by atoms with E-state index in [0.717, 1.165) is 44.1 Å². The fraction of sp³-hybridized carbons (Fsp3) is 0.562. The van der Waals surface area contributed by atoms with Crippen molar-refractivity contribution in [3.8, 4) is 0 Å². The highest BCUT2D eigenvalue weighted by Crippen LogP contribution is 2.06. The molecule has 0 saturated heterocycles. The summed E-state index contributed by atoms with van der Waals surface area (Å²) in [5.74, 6) is 0.607. The Bertz CT molecular complexity index is 437. The van der Waals surface area contributed by atoms with Crippen LogP contribution in [0.3, 0.4) is 0 Å². The van der Waals surface area contributed by atoms with Gasteiger partial charge in [-0.25, -0.2) is 4.39 Å². The summed E-state index contributed by atoms with van der Waals surface area (Å²) in [4.78, 5) is 6.23. The van der Waals surface area contributed by atoms with E-state index in [0.29, 0.717) is 6.54 Å². The molecule has 0 aromatic heterocycles. The van der Waals surface area contributed by atoms with E-state index in [1.54, 1.807) is 19.2 Å². The Labute approximate surface area is 127 Å². The molecule has 0 heterocycles. The van der Waals surface area contributed by atoms with Gasteiger partial charge in [0.2, 0.25) is 0 Å². The van der Waals surface area contributed by atoms with Gasteiger partial charge < -0.3 is 15.0 Å². The van der Waals surface area contributed by atoms with E-state index < -0.39 is 0 Å². The largest absolute Gasteiger partial charge is 0.382 e. The average Bonchev–Trinajstić information content (AvgIpc) is 2.46. The van der Waals surface area contributed by atoms with E-state index in [1.165, 1.54) is 6.07 Å². The van der Waals surface area contributed by atoms with E-state index in [1.807, 2.05) is 24.9 Å². The van der Waals surface area contributed by atoms with Crippen LogP contribution in [0.5, 0.6) is 0 Å². The highest BCUT2D eigenvalue weighted by atomic mass is 19.1. The highest BCUT2D eigenvalue weighted by Gasteiger charge is 2.06. The fourth-order valence-corrected chi connectivity index (χ4v) is 2.04. The maximum atomic E-state index is 13.2. The lowest BCUT2D eigenvalue weighted by atomic mass is 10.2. The second-order valence-electron chi connectivity index (χ2n) is 4.86. The molecule has 0 spiro atoms. The van der Waals surface area contributed by atoms with Gasteiger partial charge in [-0.1, -0.05) is 12.1 Å². The van der Waals surface area contributed by atoms with Crippen LogP contribution in [0.4, 0.5) is 4.39 Å². The van der Waals surface area contributed by atoms with Crippen LogP contribution in [0.25, 0.3) is 0 Å². The van der Waals surface area contributed by atoms with Crippen molar-refractivity contribution < 1.29 is 9.13 Å². The van der Waals surface area contributed by atoms with Gasteiger partial charge in [0, 0.05) is 40.4 Å². The summed E-state index contributed by atoms with van der Waals surface area (Å²) in [5.41, 5.74) is 0.928. The number of nitrogens with one attached hydrogen (secondary N) is 1. The topological polar surface area (TPSA) is 36.9 Å². The van der Waals surface area contributed by atoms with E-state index in [2.05, 4.69) is 10.3 Å². The quantitative estimate of drug-likeness (QED) is 0.455. The lowest BCUT2D eigenvalue weighted by Crippen LogP contribution is -2.38. The van der Waals surface area contributed by atoms with Crippen LogP contribution < -0.4 is 5.32 Å². The van der Waals surface area contributed by atoms with Gasteiger partial charge in [-0.05, 0) is 37.5 Å². The Balaban J connectivity index is 2.34. The number of ether oxygens (including phenoxy) is 1. The van der Waals surface area contributed by atoms with Crippen molar-refractivity contribution in [1.82, 2.24) is 10.2 Å². The Morgan fingerprint density at radius 3 is 2.86 bits per heavy atom. The molecule has 0 radical (unpaired) electrons. The van der Waals surface area contributed by atoms with Gasteiger partial charge in [-0.15, -0.1) is 0 Å². The Morgan fingerprint density at radius 1 is 1.38 bits per heavy atom. The molecule has 1 N–H and O–H groups in total. The Morgan fingerprint density at radius 2 is 2.19 bits per heavy atom. The number of rotatable bonds is 8. The summed E-state index contributed by atoms with van der Waals surface area (Å²) >= 11 is 0. The maximum Gasteiger partial charge on any atom is 0.193 e. The molecule has 1 rings (SSSR count). The third kappa shape index (κ3) is 7.09. The monoisotopic (exact) mass is 295 g/mol. The highest BCUT2D eigenvalue weighted by molar-refractivity contribution is 5.79. The minimum atomic E-state index is -0.209. The Kier molecular flexibility index (Phi) is 8.43. The van der Waals surface area contributed by atoms with Gasteiger partial charge >= 0.3 is 0 Å². The first-order valence-electron chi connectivity index (χ1n) is 7.41. The van der Waals surface area contributed by atoms with Crippen LogP contribution in [0.2, 0.25) is 0 Å². The Hall–Kier alpha value is -1.62. The minimum Gasteiger partial charge on any atom is -0.382 e. The molecule has 21 heavy (non-hydrogen) atoms. The molecule has 0 saturated carbocycles. The first-order chi connectivity index (χ1) is 10.2. The van der Waals surface area contributed by atoms with E-state index >= 15 is 0 Å². The van der Waals surface area contributed by atoms with Crippen molar-refractivity contribution in [1.29, 1.82) is 0 Å². The van der Waals surface area contributed by atoms with Crippen molar-refractivity contribution in [2.45, 2.75) is 26.3 Å². The van der Waals surface area contributed by atoms with Gasteiger partial charge in [-0.2, -0.15) is 0 Å². The molecule has 0 unspecified atom stereocenters. The van der Waals surface area contributed by atoms with Crippen molar-refractivity contribution in [3.63, 3.8) is 0 Å². The van der Waals surface area contributed by atoms with Crippen LogP contribution in [0, 0.1) is 5.82 Å². The van der Waals surface area contributed by atoms with E-state index in [9.17, 15) is 4.39 Å². The number of guanidine groups is 1. The number of nitrogens with zero attached hydrogens (tertiary/aromatic N) is 2. The maximum absolute atomic E-state index is 13.2. The molecule has 0 aliphatic heterocycles. The molecule has 118 valence electrons. The molecular weight excluding hydrogens is 269 g/mol. The smallest absolute Gasteiger partial charge is 0.193 e. The predicted octanol–water partition coefficient (Wildman–Crippen LogP) is 2.65. The van der Waals surface area contributed by atoms with Gasteiger partial charge in [0.15, 0.2) is 5.96 Å². The van der Waals surface area contributed by atoms with Crippen LogP contribution in [0.1, 0.15) is 25.3 Å². The molecule has 0 aliphatic carbocycles. The molecule has 0 fully saturated rings. The van der Waals surface area contributed by atoms with Crippen LogP contribution in [-0.2, 0) is 11.3 Å². The summed E-state index contributed by atoms with van der Waals surface area (Å²) in [5, 5.41) is 3.31. The predicted molar refractivity (Wildman–Crippen MR) is 85.0 cm³/mol. The van der Waals surface area contributed by atoms with Gasteiger partial charge in [0.05, 0.1) is 0 Å². The fourth-order valence-electron chi connectivity index (χ4n) is 2.04. The second kappa shape index (κ2) is 10.2.